The summed E-state index contributed by atoms with van der Waals surface area (Å²) in [6, 6.07) is 28.3. The third-order valence-corrected chi connectivity index (χ3v) is 4.42. The van der Waals surface area contributed by atoms with Crippen LogP contribution in [0.3, 0.4) is 0 Å². The monoisotopic (exact) mass is 354 g/mol. The van der Waals surface area contributed by atoms with E-state index in [9.17, 15) is 8.47 Å². The van der Waals surface area contributed by atoms with Gasteiger partial charge >= 0.3 is 148 Å². The van der Waals surface area contributed by atoms with Crippen molar-refractivity contribution in [1.29, 1.82) is 0 Å². The third-order valence-electron chi connectivity index (χ3n) is 4.05. The van der Waals surface area contributed by atoms with Gasteiger partial charge in [0.25, 0.3) is 0 Å². The van der Waals surface area contributed by atoms with Gasteiger partial charge in [-0.1, -0.05) is 0 Å². The van der Waals surface area contributed by atoms with Crippen molar-refractivity contribution in [1.82, 2.24) is 0 Å². The van der Waals surface area contributed by atoms with Gasteiger partial charge in [-0.3, -0.25) is 0 Å². The summed E-state index contributed by atoms with van der Waals surface area (Å²) in [5.74, 6) is -0.527. The molecule has 3 rings (SSSR count). The maximum atomic E-state index is 13.1. The molecule has 0 spiro atoms. The number of carbonyl (C=O) groups is 1. The van der Waals surface area contributed by atoms with E-state index in [0.717, 1.165) is 16.7 Å². The van der Waals surface area contributed by atoms with E-state index < -0.39 is 28.0 Å². The molecular weight excluding hydrogens is 339 g/mol. The Kier molecular flexibility index (Phi) is 5.04. The second-order valence-electron chi connectivity index (χ2n) is 5.30. The minimum atomic E-state index is -1.73. The summed E-state index contributed by atoms with van der Waals surface area (Å²) in [6.07, 6.45) is 0. The Hall–Kier alpha value is -2.49. The zero-order chi connectivity index (χ0) is 16.8. The Morgan fingerprint density at radius 3 is 1.29 bits per heavy atom. The van der Waals surface area contributed by atoms with Crippen molar-refractivity contribution in [3.63, 3.8) is 0 Å². The number of carbonyl (C=O) groups excluding carboxylic acids is 1. The Morgan fingerprint density at radius 1 is 0.667 bits per heavy atom. The van der Waals surface area contributed by atoms with Crippen LogP contribution in [-0.4, -0.2) is 5.97 Å². The van der Waals surface area contributed by atoms with Crippen molar-refractivity contribution in [3.05, 3.63) is 108 Å². The summed E-state index contributed by atoms with van der Waals surface area (Å²) in [5.41, 5.74) is 1.19. The van der Waals surface area contributed by atoms with Gasteiger partial charge in [0.05, 0.1) is 0 Å². The van der Waals surface area contributed by atoms with E-state index >= 15 is 0 Å². The molecule has 3 aromatic rings. The van der Waals surface area contributed by atoms with E-state index in [-0.39, 0.29) is 0 Å². The minimum absolute atomic E-state index is 0.527. The van der Waals surface area contributed by atoms with Gasteiger partial charge in [-0.2, -0.15) is 0 Å². The van der Waals surface area contributed by atoms with Crippen LogP contribution in [0.4, 0.5) is 0 Å². The normalized spacial score (nSPS) is 10.8. The Labute approximate surface area is 148 Å². The summed E-state index contributed by atoms with van der Waals surface area (Å²) >= 11 is -1.73. The molecule has 0 radical (unpaired) electrons. The van der Waals surface area contributed by atoms with Gasteiger partial charge in [0.15, 0.2) is 0 Å². The van der Waals surface area contributed by atoms with Crippen molar-refractivity contribution in [2.75, 3.05) is 0 Å². The van der Waals surface area contributed by atoms with Gasteiger partial charge in [0.2, 0.25) is 0 Å². The first kappa shape index (κ1) is 16.4. The fraction of sp³-hybridized carbons (Fsp3) is 0.0500. The van der Waals surface area contributed by atoms with Crippen LogP contribution in [0.25, 0.3) is 0 Å². The predicted molar refractivity (Wildman–Crippen MR) is 86.0 cm³/mol. The molecule has 3 aromatic carbocycles. The Balaban J connectivity index is 2.37. The topological polar surface area (TPSA) is 43.4 Å². The van der Waals surface area contributed by atoms with Crippen molar-refractivity contribution in [2.45, 2.75) is 5.41 Å². The van der Waals surface area contributed by atoms with Crippen LogP contribution >= 0.6 is 0 Å². The number of rotatable bonds is 5. The zero-order valence-corrected chi connectivity index (χ0v) is 14.2. The summed E-state index contributed by atoms with van der Waals surface area (Å²) < 4.78 is 16.2. The molecule has 3 nitrogen and oxygen atoms in total. The van der Waals surface area contributed by atoms with E-state index in [1.165, 1.54) is 0 Å². The van der Waals surface area contributed by atoms with E-state index in [1.54, 1.807) is 0 Å². The number of hydrogen-bond donors (Lipinski definition) is 0. The summed E-state index contributed by atoms with van der Waals surface area (Å²) in [7, 11) is 0. The third kappa shape index (κ3) is 2.84. The van der Waals surface area contributed by atoms with E-state index in [0.29, 0.717) is 0 Å². The van der Waals surface area contributed by atoms with Crippen molar-refractivity contribution in [2.24, 2.45) is 0 Å². The van der Waals surface area contributed by atoms with E-state index in [4.69, 9.17) is 3.66 Å². The molecular formula is C20H15O3V. The van der Waals surface area contributed by atoms with Crippen LogP contribution in [0.5, 0.6) is 0 Å². The second-order valence-corrected chi connectivity index (χ2v) is 5.82. The molecule has 0 unspecified atom stereocenters. The molecule has 0 aliphatic rings. The summed E-state index contributed by atoms with van der Waals surface area (Å²) in [5, 5.41) is 0. The molecule has 118 valence electrons. The fourth-order valence-electron chi connectivity index (χ4n) is 3.02. The first-order valence-corrected chi connectivity index (χ1v) is 8.65. The van der Waals surface area contributed by atoms with Gasteiger partial charge in [0, 0.05) is 0 Å². The molecule has 4 heteroatoms. The molecule has 0 bridgehead atoms. The Morgan fingerprint density at radius 2 is 1.00 bits per heavy atom. The first-order chi connectivity index (χ1) is 11.8. The van der Waals surface area contributed by atoms with E-state index in [2.05, 4.69) is 0 Å². The van der Waals surface area contributed by atoms with Crippen LogP contribution in [-0.2, 0) is 34.1 Å². The molecule has 0 saturated carbocycles. The molecule has 0 amide bonds. The van der Waals surface area contributed by atoms with E-state index in [1.807, 2.05) is 91.0 Å². The second kappa shape index (κ2) is 7.39. The molecule has 0 atom stereocenters. The summed E-state index contributed by atoms with van der Waals surface area (Å²) in [6.45, 7) is 0. The van der Waals surface area contributed by atoms with Gasteiger partial charge in [-0.15, -0.1) is 0 Å². The fourth-order valence-corrected chi connectivity index (χ4v) is 3.34. The van der Waals surface area contributed by atoms with Crippen LogP contribution in [0.15, 0.2) is 91.0 Å². The molecule has 0 N–H and O–H groups in total. The maximum absolute atomic E-state index is 13.1. The SMILES string of the molecule is [O]=[V][O]C(=O)C(c1ccccc1)(c1ccccc1)c1ccccc1. The molecule has 0 aliphatic carbocycles. The Bertz CT molecular complexity index is 721. The van der Waals surface area contributed by atoms with Gasteiger partial charge in [-0.05, 0) is 0 Å². The van der Waals surface area contributed by atoms with Gasteiger partial charge in [0.1, 0.15) is 0 Å². The van der Waals surface area contributed by atoms with Crippen LogP contribution in [0.1, 0.15) is 16.7 Å². The van der Waals surface area contributed by atoms with Crippen molar-refractivity contribution in [3.8, 4) is 0 Å². The van der Waals surface area contributed by atoms with Gasteiger partial charge < -0.3 is 0 Å². The van der Waals surface area contributed by atoms with Crippen molar-refractivity contribution >= 4 is 5.97 Å². The molecule has 0 aliphatic heterocycles. The quantitative estimate of drug-likeness (QED) is 0.653. The summed E-state index contributed by atoms with van der Waals surface area (Å²) in [4.78, 5) is 13.1. The van der Waals surface area contributed by atoms with Crippen LogP contribution < -0.4 is 0 Å². The standard InChI is InChI=1S/C20H16O2.O.V/c21-19(22)20(16-10-4-1-5-11-16,17-12-6-2-7-13-17)18-14-8-3-9-15-18;;/h1-15H,(H,21,22);;/q;;+1/p-1. The molecule has 0 aromatic heterocycles. The zero-order valence-electron chi connectivity index (χ0n) is 12.8. The average Bonchev–Trinajstić information content (AvgIpc) is 2.65. The average molecular weight is 354 g/mol. The number of benzene rings is 3. The molecule has 0 heterocycles. The molecule has 24 heavy (non-hydrogen) atoms. The molecule has 0 saturated heterocycles. The van der Waals surface area contributed by atoms with Crippen LogP contribution in [0, 0.1) is 0 Å². The van der Waals surface area contributed by atoms with Crippen LogP contribution in [0.2, 0.25) is 0 Å². The first-order valence-electron chi connectivity index (χ1n) is 7.51. The molecule has 0 fully saturated rings. The number of hydrogen-bond acceptors (Lipinski definition) is 3. The van der Waals surface area contributed by atoms with Gasteiger partial charge in [-0.25, -0.2) is 0 Å². The van der Waals surface area contributed by atoms with Crippen molar-refractivity contribution < 1.29 is 28.7 Å². The predicted octanol–water partition coefficient (Wildman–Crippen LogP) is 3.91.